The highest BCUT2D eigenvalue weighted by Gasteiger charge is 2.18. The van der Waals surface area contributed by atoms with E-state index in [2.05, 4.69) is 29.3 Å². The molecule has 18 heavy (non-hydrogen) atoms. The van der Waals surface area contributed by atoms with E-state index in [-0.39, 0.29) is 0 Å². The molecule has 2 rings (SSSR count). The summed E-state index contributed by atoms with van der Waals surface area (Å²) >= 11 is 0. The van der Waals surface area contributed by atoms with Crippen LogP contribution in [0, 0.1) is 6.92 Å². The van der Waals surface area contributed by atoms with Crippen molar-refractivity contribution in [3.63, 3.8) is 0 Å². The van der Waals surface area contributed by atoms with Crippen LogP contribution in [0.5, 0.6) is 0 Å². The number of unbranched alkanes of at least 4 members (excludes halogenated alkanes) is 1. The Hall–Kier alpha value is -0.800. The van der Waals surface area contributed by atoms with E-state index in [4.69, 9.17) is 4.42 Å². The lowest BCUT2D eigenvalue weighted by Gasteiger charge is -2.24. The van der Waals surface area contributed by atoms with Gasteiger partial charge in [0.25, 0.3) is 0 Å². The molecule has 0 bridgehead atoms. The number of hydrogen-bond donors (Lipinski definition) is 1. The van der Waals surface area contributed by atoms with Gasteiger partial charge in [-0.3, -0.25) is 4.90 Å². The Bertz CT molecular complexity index is 342. The summed E-state index contributed by atoms with van der Waals surface area (Å²) in [5.41, 5.74) is 0. The van der Waals surface area contributed by atoms with Crippen molar-refractivity contribution in [2.24, 2.45) is 0 Å². The lowest BCUT2D eigenvalue weighted by Crippen LogP contribution is -2.37. The predicted molar refractivity (Wildman–Crippen MR) is 74.7 cm³/mol. The molecule has 0 radical (unpaired) electrons. The maximum absolute atomic E-state index is 5.70. The minimum absolute atomic E-state index is 0.679. The Morgan fingerprint density at radius 1 is 1.44 bits per heavy atom. The Morgan fingerprint density at radius 3 is 2.94 bits per heavy atom. The monoisotopic (exact) mass is 250 g/mol. The quantitative estimate of drug-likeness (QED) is 0.806. The van der Waals surface area contributed by atoms with Gasteiger partial charge in [-0.05, 0) is 51.4 Å². The maximum atomic E-state index is 5.70. The van der Waals surface area contributed by atoms with Crippen LogP contribution in [0.3, 0.4) is 0 Å². The van der Waals surface area contributed by atoms with Crippen molar-refractivity contribution < 1.29 is 4.42 Å². The third-order valence-electron chi connectivity index (χ3n) is 3.64. The third kappa shape index (κ3) is 4.14. The first-order valence-electron chi connectivity index (χ1n) is 7.29. The van der Waals surface area contributed by atoms with Crippen molar-refractivity contribution in [1.82, 2.24) is 10.2 Å². The minimum Gasteiger partial charge on any atom is -0.465 e. The van der Waals surface area contributed by atoms with Crippen molar-refractivity contribution in [1.29, 1.82) is 0 Å². The molecular formula is C15H26N2O. The van der Waals surface area contributed by atoms with Gasteiger partial charge in [0.15, 0.2) is 0 Å². The van der Waals surface area contributed by atoms with Gasteiger partial charge in [-0.25, -0.2) is 0 Å². The van der Waals surface area contributed by atoms with Gasteiger partial charge in [0.05, 0.1) is 6.54 Å². The van der Waals surface area contributed by atoms with Gasteiger partial charge in [0, 0.05) is 12.6 Å². The molecule has 0 amide bonds. The van der Waals surface area contributed by atoms with Gasteiger partial charge in [-0.2, -0.15) is 0 Å². The highest BCUT2D eigenvalue weighted by atomic mass is 16.3. The molecule has 0 aromatic carbocycles. The van der Waals surface area contributed by atoms with E-state index in [9.17, 15) is 0 Å². The molecule has 1 saturated heterocycles. The second-order valence-corrected chi connectivity index (χ2v) is 5.39. The topological polar surface area (TPSA) is 28.4 Å². The van der Waals surface area contributed by atoms with Crippen molar-refractivity contribution in [3.8, 4) is 0 Å². The van der Waals surface area contributed by atoms with E-state index in [1.165, 1.54) is 38.8 Å². The Labute approximate surface area is 111 Å². The molecule has 3 heteroatoms. The van der Waals surface area contributed by atoms with Crippen LogP contribution in [0.4, 0.5) is 0 Å². The smallest absolute Gasteiger partial charge is 0.118 e. The van der Waals surface area contributed by atoms with Gasteiger partial charge >= 0.3 is 0 Å². The summed E-state index contributed by atoms with van der Waals surface area (Å²) in [5.74, 6) is 2.11. The first-order chi connectivity index (χ1) is 8.78. The Balaban J connectivity index is 1.86. The molecule has 3 nitrogen and oxygen atoms in total. The van der Waals surface area contributed by atoms with Crippen molar-refractivity contribution >= 4 is 0 Å². The third-order valence-corrected chi connectivity index (χ3v) is 3.64. The number of furan rings is 1. The van der Waals surface area contributed by atoms with Crippen LogP contribution in [0.15, 0.2) is 16.5 Å². The van der Waals surface area contributed by atoms with E-state index >= 15 is 0 Å². The van der Waals surface area contributed by atoms with Crippen LogP contribution < -0.4 is 5.32 Å². The van der Waals surface area contributed by atoms with E-state index < -0.39 is 0 Å². The summed E-state index contributed by atoms with van der Waals surface area (Å²) in [5, 5.41) is 3.58. The molecule has 1 fully saturated rings. The SMILES string of the molecule is CCCCN(Cc1ccc(C)o1)CC1CCCN1. The number of aryl methyl sites for hydroxylation is 1. The molecule has 1 aliphatic heterocycles. The van der Waals surface area contributed by atoms with E-state index in [0.717, 1.165) is 24.6 Å². The molecule has 1 unspecified atom stereocenters. The van der Waals surface area contributed by atoms with E-state index in [1.807, 2.05) is 6.92 Å². The van der Waals surface area contributed by atoms with Gasteiger partial charge < -0.3 is 9.73 Å². The molecule has 1 aliphatic rings. The number of rotatable bonds is 7. The molecule has 0 spiro atoms. The van der Waals surface area contributed by atoms with Crippen LogP contribution in [0.1, 0.15) is 44.1 Å². The molecule has 102 valence electrons. The highest BCUT2D eigenvalue weighted by molar-refractivity contribution is 5.05. The second-order valence-electron chi connectivity index (χ2n) is 5.39. The number of nitrogens with zero attached hydrogens (tertiary/aromatic N) is 1. The zero-order valence-electron chi connectivity index (χ0n) is 11.7. The van der Waals surface area contributed by atoms with Gasteiger partial charge in [-0.1, -0.05) is 13.3 Å². The standard InChI is InChI=1S/C15H26N2O/c1-3-4-10-17(11-14-6-5-9-16-14)12-15-8-7-13(2)18-15/h7-8,14,16H,3-6,9-12H2,1-2H3. The predicted octanol–water partition coefficient (Wildman–Crippen LogP) is 2.94. The van der Waals surface area contributed by atoms with Crippen molar-refractivity contribution in [2.75, 3.05) is 19.6 Å². The van der Waals surface area contributed by atoms with Gasteiger partial charge in [0.1, 0.15) is 11.5 Å². The molecule has 2 heterocycles. The van der Waals surface area contributed by atoms with Crippen LogP contribution in [0.25, 0.3) is 0 Å². The fourth-order valence-electron chi connectivity index (χ4n) is 2.63. The first-order valence-corrected chi connectivity index (χ1v) is 7.29. The molecule has 1 aromatic rings. The number of nitrogens with one attached hydrogen (secondary N) is 1. The summed E-state index contributed by atoms with van der Waals surface area (Å²) in [6.07, 6.45) is 5.17. The second kappa shape index (κ2) is 6.95. The van der Waals surface area contributed by atoms with Crippen molar-refractivity contribution in [3.05, 3.63) is 23.7 Å². The lowest BCUT2D eigenvalue weighted by atomic mass is 10.2. The summed E-state index contributed by atoms with van der Waals surface area (Å²) in [4.78, 5) is 2.53. The largest absolute Gasteiger partial charge is 0.465 e. The molecule has 0 saturated carbocycles. The zero-order valence-corrected chi connectivity index (χ0v) is 11.7. The van der Waals surface area contributed by atoms with E-state index in [1.54, 1.807) is 0 Å². The maximum Gasteiger partial charge on any atom is 0.118 e. The van der Waals surface area contributed by atoms with Crippen LogP contribution in [-0.2, 0) is 6.54 Å². The van der Waals surface area contributed by atoms with E-state index in [0.29, 0.717) is 6.04 Å². The molecular weight excluding hydrogens is 224 g/mol. The molecule has 1 atom stereocenters. The van der Waals surface area contributed by atoms with Crippen LogP contribution in [0.2, 0.25) is 0 Å². The molecule has 1 N–H and O–H groups in total. The van der Waals surface area contributed by atoms with Crippen molar-refractivity contribution in [2.45, 2.75) is 52.1 Å². The van der Waals surface area contributed by atoms with Crippen LogP contribution in [-0.4, -0.2) is 30.6 Å². The summed E-state index contributed by atoms with van der Waals surface area (Å²) in [6, 6.07) is 4.84. The zero-order chi connectivity index (χ0) is 12.8. The Kier molecular flexibility index (Phi) is 5.26. The summed E-state index contributed by atoms with van der Waals surface area (Å²) < 4.78 is 5.70. The molecule has 0 aliphatic carbocycles. The lowest BCUT2D eigenvalue weighted by molar-refractivity contribution is 0.219. The number of hydrogen-bond acceptors (Lipinski definition) is 3. The van der Waals surface area contributed by atoms with Gasteiger partial charge in [0.2, 0.25) is 0 Å². The average molecular weight is 250 g/mol. The fourth-order valence-corrected chi connectivity index (χ4v) is 2.63. The normalized spacial score (nSPS) is 19.8. The van der Waals surface area contributed by atoms with Crippen LogP contribution >= 0.6 is 0 Å². The minimum atomic E-state index is 0.679. The Morgan fingerprint density at radius 2 is 2.33 bits per heavy atom. The average Bonchev–Trinajstić information content (AvgIpc) is 2.98. The summed E-state index contributed by atoms with van der Waals surface area (Å²) in [6.45, 7) is 8.73. The highest BCUT2D eigenvalue weighted by Crippen LogP contribution is 2.13. The fraction of sp³-hybridized carbons (Fsp3) is 0.733. The first kappa shape index (κ1) is 13.6. The summed E-state index contributed by atoms with van der Waals surface area (Å²) in [7, 11) is 0. The van der Waals surface area contributed by atoms with Gasteiger partial charge in [-0.15, -0.1) is 0 Å². The molecule has 1 aromatic heterocycles.